The van der Waals surface area contributed by atoms with E-state index < -0.39 is 5.97 Å². The van der Waals surface area contributed by atoms with Crippen LogP contribution in [0.2, 0.25) is 0 Å². The lowest BCUT2D eigenvalue weighted by Gasteiger charge is -2.07. The van der Waals surface area contributed by atoms with E-state index in [4.69, 9.17) is 9.47 Å². The predicted molar refractivity (Wildman–Crippen MR) is 79.1 cm³/mol. The van der Waals surface area contributed by atoms with Crippen molar-refractivity contribution in [2.75, 3.05) is 19.0 Å². The van der Waals surface area contributed by atoms with Gasteiger partial charge in [-0.2, -0.15) is 0 Å². The lowest BCUT2D eigenvalue weighted by Crippen LogP contribution is -2.05. The number of hydrogen-bond donors (Lipinski definition) is 1. The minimum absolute atomic E-state index is 0.324. The number of anilines is 2. The standard InChI is InChI=1S/C14H16N2O3S/c1-4-19-13(17)11-8-20-14(16-11)15-10-5-6-12(18-3)9(2)7-10/h5-8H,4H2,1-3H3,(H,15,16). The molecule has 0 fully saturated rings. The first-order valence-electron chi connectivity index (χ1n) is 6.18. The fraction of sp³-hybridized carbons (Fsp3) is 0.286. The smallest absolute Gasteiger partial charge is 0.357 e. The molecular formula is C14H16N2O3S. The van der Waals surface area contributed by atoms with E-state index in [0.29, 0.717) is 17.4 Å². The van der Waals surface area contributed by atoms with Gasteiger partial charge in [-0.15, -0.1) is 11.3 Å². The molecule has 0 radical (unpaired) electrons. The minimum atomic E-state index is -0.400. The number of esters is 1. The summed E-state index contributed by atoms with van der Waals surface area (Å²) in [6.45, 7) is 4.08. The van der Waals surface area contributed by atoms with Crippen molar-refractivity contribution in [2.45, 2.75) is 13.8 Å². The number of nitrogens with zero attached hydrogens (tertiary/aromatic N) is 1. The Morgan fingerprint density at radius 2 is 2.25 bits per heavy atom. The normalized spacial score (nSPS) is 10.2. The van der Waals surface area contributed by atoms with E-state index in [-0.39, 0.29) is 0 Å². The number of hydrogen-bond acceptors (Lipinski definition) is 6. The quantitative estimate of drug-likeness (QED) is 0.856. The van der Waals surface area contributed by atoms with E-state index in [1.54, 1.807) is 19.4 Å². The fourth-order valence-electron chi connectivity index (χ4n) is 1.71. The molecule has 0 unspecified atom stereocenters. The highest BCUT2D eigenvalue weighted by Gasteiger charge is 2.11. The van der Waals surface area contributed by atoms with Gasteiger partial charge in [-0.05, 0) is 37.6 Å². The SMILES string of the molecule is CCOC(=O)c1csc(Nc2ccc(OC)c(C)c2)n1. The van der Waals surface area contributed by atoms with Crippen molar-refractivity contribution in [2.24, 2.45) is 0 Å². The molecule has 2 rings (SSSR count). The van der Waals surface area contributed by atoms with Crippen LogP contribution in [0.5, 0.6) is 5.75 Å². The molecule has 0 saturated heterocycles. The number of carbonyl (C=O) groups excluding carboxylic acids is 1. The van der Waals surface area contributed by atoms with Gasteiger partial charge in [0.25, 0.3) is 0 Å². The van der Waals surface area contributed by atoms with E-state index in [0.717, 1.165) is 17.0 Å². The predicted octanol–water partition coefficient (Wildman–Crippen LogP) is 3.38. The third-order valence-corrected chi connectivity index (χ3v) is 3.39. The van der Waals surface area contributed by atoms with Gasteiger partial charge >= 0.3 is 5.97 Å². The van der Waals surface area contributed by atoms with Crippen LogP contribution in [0.15, 0.2) is 23.6 Å². The third-order valence-electron chi connectivity index (χ3n) is 2.63. The summed E-state index contributed by atoms with van der Waals surface area (Å²) in [6.07, 6.45) is 0. The molecule has 0 atom stereocenters. The second-order valence-electron chi connectivity index (χ2n) is 4.07. The van der Waals surface area contributed by atoms with Gasteiger partial charge in [-0.3, -0.25) is 0 Å². The molecule has 0 spiro atoms. The number of ether oxygens (including phenoxy) is 2. The number of nitrogens with one attached hydrogen (secondary N) is 1. The van der Waals surface area contributed by atoms with Crippen molar-refractivity contribution < 1.29 is 14.3 Å². The molecule has 1 aromatic heterocycles. The maximum absolute atomic E-state index is 11.5. The first-order chi connectivity index (χ1) is 9.63. The summed E-state index contributed by atoms with van der Waals surface area (Å²) in [4.78, 5) is 15.7. The summed E-state index contributed by atoms with van der Waals surface area (Å²) in [6, 6.07) is 5.75. The zero-order valence-electron chi connectivity index (χ0n) is 11.6. The number of carbonyl (C=O) groups is 1. The summed E-state index contributed by atoms with van der Waals surface area (Å²) < 4.78 is 10.1. The highest BCUT2D eigenvalue weighted by atomic mass is 32.1. The van der Waals surface area contributed by atoms with Gasteiger partial charge in [-0.1, -0.05) is 0 Å². The summed E-state index contributed by atoms with van der Waals surface area (Å²) in [7, 11) is 1.64. The number of benzene rings is 1. The van der Waals surface area contributed by atoms with Crippen molar-refractivity contribution in [3.8, 4) is 5.75 Å². The molecule has 106 valence electrons. The van der Waals surface area contributed by atoms with Gasteiger partial charge in [0.15, 0.2) is 10.8 Å². The zero-order chi connectivity index (χ0) is 14.5. The molecule has 0 aliphatic heterocycles. The number of aryl methyl sites for hydroxylation is 1. The molecule has 0 bridgehead atoms. The minimum Gasteiger partial charge on any atom is -0.496 e. The van der Waals surface area contributed by atoms with Crippen LogP contribution in [0.3, 0.4) is 0 Å². The highest BCUT2D eigenvalue weighted by molar-refractivity contribution is 7.14. The van der Waals surface area contributed by atoms with Crippen LogP contribution in [0, 0.1) is 6.92 Å². The lowest BCUT2D eigenvalue weighted by atomic mass is 10.2. The molecule has 1 heterocycles. The zero-order valence-corrected chi connectivity index (χ0v) is 12.4. The van der Waals surface area contributed by atoms with Crippen LogP contribution in [-0.4, -0.2) is 24.7 Å². The monoisotopic (exact) mass is 292 g/mol. The Labute approximate surface area is 121 Å². The van der Waals surface area contributed by atoms with Crippen LogP contribution in [0.25, 0.3) is 0 Å². The van der Waals surface area contributed by atoms with Gasteiger partial charge in [0.1, 0.15) is 5.75 Å². The average Bonchev–Trinajstić information content (AvgIpc) is 2.88. The van der Waals surface area contributed by atoms with E-state index in [1.165, 1.54) is 11.3 Å². The molecule has 6 heteroatoms. The van der Waals surface area contributed by atoms with Gasteiger partial charge < -0.3 is 14.8 Å². The Bertz CT molecular complexity index is 610. The molecule has 1 aromatic carbocycles. The number of rotatable bonds is 5. The van der Waals surface area contributed by atoms with Crippen molar-refractivity contribution in [1.29, 1.82) is 0 Å². The van der Waals surface area contributed by atoms with E-state index in [9.17, 15) is 4.79 Å². The van der Waals surface area contributed by atoms with Crippen molar-refractivity contribution >= 4 is 28.1 Å². The van der Waals surface area contributed by atoms with Crippen LogP contribution < -0.4 is 10.1 Å². The fourth-order valence-corrected chi connectivity index (χ4v) is 2.41. The summed E-state index contributed by atoms with van der Waals surface area (Å²) in [5.41, 5.74) is 2.25. The maximum atomic E-state index is 11.5. The largest absolute Gasteiger partial charge is 0.496 e. The molecule has 20 heavy (non-hydrogen) atoms. The van der Waals surface area contributed by atoms with Crippen molar-refractivity contribution in [3.63, 3.8) is 0 Å². The van der Waals surface area contributed by atoms with Crippen LogP contribution in [0.1, 0.15) is 23.0 Å². The molecule has 0 aliphatic carbocycles. The second-order valence-corrected chi connectivity index (χ2v) is 4.93. The molecule has 0 aliphatic rings. The van der Waals surface area contributed by atoms with Crippen molar-refractivity contribution in [3.05, 3.63) is 34.8 Å². The second kappa shape index (κ2) is 6.38. The topological polar surface area (TPSA) is 60.5 Å². The number of methoxy groups -OCH3 is 1. The average molecular weight is 292 g/mol. The number of aromatic nitrogens is 1. The molecule has 1 N–H and O–H groups in total. The Balaban J connectivity index is 2.10. The van der Waals surface area contributed by atoms with Crippen LogP contribution in [-0.2, 0) is 4.74 Å². The van der Waals surface area contributed by atoms with E-state index in [2.05, 4.69) is 10.3 Å². The van der Waals surface area contributed by atoms with Gasteiger partial charge in [0, 0.05) is 11.1 Å². The summed E-state index contributed by atoms with van der Waals surface area (Å²) in [5, 5.41) is 5.49. The lowest BCUT2D eigenvalue weighted by molar-refractivity contribution is 0.0520. The van der Waals surface area contributed by atoms with Crippen LogP contribution in [0.4, 0.5) is 10.8 Å². The van der Waals surface area contributed by atoms with Gasteiger partial charge in [0.2, 0.25) is 0 Å². The Hall–Kier alpha value is -2.08. The Morgan fingerprint density at radius 3 is 2.90 bits per heavy atom. The van der Waals surface area contributed by atoms with Crippen LogP contribution >= 0.6 is 11.3 Å². The number of thiazole rings is 1. The van der Waals surface area contributed by atoms with E-state index in [1.807, 2.05) is 25.1 Å². The summed E-state index contributed by atoms with van der Waals surface area (Å²) in [5.74, 6) is 0.435. The Morgan fingerprint density at radius 1 is 1.45 bits per heavy atom. The third kappa shape index (κ3) is 3.27. The first kappa shape index (κ1) is 14.3. The maximum Gasteiger partial charge on any atom is 0.357 e. The highest BCUT2D eigenvalue weighted by Crippen LogP contribution is 2.25. The summed E-state index contributed by atoms with van der Waals surface area (Å²) >= 11 is 1.36. The molecule has 5 nitrogen and oxygen atoms in total. The first-order valence-corrected chi connectivity index (χ1v) is 7.06. The van der Waals surface area contributed by atoms with Crippen molar-refractivity contribution in [1.82, 2.24) is 4.98 Å². The molecular weight excluding hydrogens is 276 g/mol. The van der Waals surface area contributed by atoms with Gasteiger partial charge in [-0.25, -0.2) is 9.78 Å². The van der Waals surface area contributed by atoms with Gasteiger partial charge in [0.05, 0.1) is 13.7 Å². The molecule has 0 amide bonds. The molecule has 0 saturated carbocycles. The van der Waals surface area contributed by atoms with E-state index >= 15 is 0 Å². The molecule has 2 aromatic rings. The Kier molecular flexibility index (Phi) is 4.57.